The third kappa shape index (κ3) is 4.00. The number of carbonyl (C=O) groups excluding carboxylic acids is 3. The van der Waals surface area contributed by atoms with Gasteiger partial charge in [-0.25, -0.2) is 9.59 Å². The van der Waals surface area contributed by atoms with Gasteiger partial charge in [0.25, 0.3) is 17.5 Å². The van der Waals surface area contributed by atoms with E-state index in [-0.39, 0.29) is 29.4 Å². The molecule has 0 aliphatic carbocycles. The van der Waals surface area contributed by atoms with Gasteiger partial charge in [-0.3, -0.25) is 14.5 Å². The summed E-state index contributed by atoms with van der Waals surface area (Å²) in [5.41, 5.74) is 2.96. The Bertz CT molecular complexity index is 906. The first-order valence-corrected chi connectivity index (χ1v) is 11.6. The van der Waals surface area contributed by atoms with Crippen LogP contribution in [0.15, 0.2) is 33.0 Å². The molecular formula is C16H17N3O8S3. The summed E-state index contributed by atoms with van der Waals surface area (Å²) in [4.78, 5) is 48.8. The largest absolute Gasteiger partial charge is 0.610 e. The maximum atomic E-state index is 12.9. The number of nitrogens with two attached hydrogens (primary N) is 1. The van der Waals surface area contributed by atoms with Crippen LogP contribution in [0.1, 0.15) is 0 Å². The van der Waals surface area contributed by atoms with Crippen LogP contribution in [0.4, 0.5) is 4.79 Å². The second-order valence-corrected chi connectivity index (χ2v) is 9.81. The number of nitrogens with zero attached hydrogens (tertiary/aromatic N) is 1. The molecule has 1 fully saturated rings. The molecule has 3 rings (SSSR count). The summed E-state index contributed by atoms with van der Waals surface area (Å²) >= 11 is 0.775. The molecule has 0 spiro atoms. The Kier molecular flexibility index (Phi) is 6.62. The number of hydrogen-bond acceptors (Lipinski definition) is 9. The van der Waals surface area contributed by atoms with Crippen LogP contribution in [-0.2, 0) is 35.0 Å². The van der Waals surface area contributed by atoms with Crippen molar-refractivity contribution in [1.82, 2.24) is 10.2 Å². The zero-order valence-electron chi connectivity index (χ0n) is 15.5. The highest BCUT2D eigenvalue weighted by atomic mass is 32.2. The van der Waals surface area contributed by atoms with Gasteiger partial charge < -0.3 is 30.2 Å². The van der Waals surface area contributed by atoms with E-state index in [0.29, 0.717) is 4.21 Å². The fourth-order valence-electron chi connectivity index (χ4n) is 3.04. The van der Waals surface area contributed by atoms with Gasteiger partial charge in [0.15, 0.2) is 5.75 Å². The van der Waals surface area contributed by atoms with Crippen molar-refractivity contribution in [2.45, 2.75) is 15.3 Å². The second-order valence-electron chi connectivity index (χ2n) is 6.11. The predicted molar refractivity (Wildman–Crippen MR) is 107 cm³/mol. The van der Waals surface area contributed by atoms with Gasteiger partial charge in [0.2, 0.25) is 4.21 Å². The summed E-state index contributed by atoms with van der Waals surface area (Å²) in [5.74, 6) is -3.15. The molecule has 0 aromatic carbocycles. The number of carbonyl (C=O) groups is 4. The Hall–Kier alpha value is -2.26. The number of carboxylic acids is 1. The summed E-state index contributed by atoms with van der Waals surface area (Å²) in [6.07, 6.45) is -1.08. The van der Waals surface area contributed by atoms with Gasteiger partial charge >= 0.3 is 12.1 Å². The lowest BCUT2D eigenvalue weighted by molar-refractivity contribution is -0.192. The molecule has 0 radical (unpaired) electrons. The van der Waals surface area contributed by atoms with Gasteiger partial charge in [-0.2, -0.15) is 0 Å². The van der Waals surface area contributed by atoms with Crippen LogP contribution in [-0.4, -0.2) is 74.8 Å². The van der Waals surface area contributed by atoms with Crippen molar-refractivity contribution in [3.63, 3.8) is 0 Å². The molecule has 0 saturated carbocycles. The van der Waals surface area contributed by atoms with Crippen LogP contribution in [0.3, 0.4) is 0 Å². The number of fused-ring (bicyclic) bond motifs is 1. The zero-order chi connectivity index (χ0) is 22.1. The Labute approximate surface area is 181 Å². The smallest absolute Gasteiger partial charge is 0.404 e. The zero-order valence-corrected chi connectivity index (χ0v) is 17.9. The Morgan fingerprint density at radius 2 is 2.23 bits per heavy atom. The first-order chi connectivity index (χ1) is 14.2. The van der Waals surface area contributed by atoms with Crippen molar-refractivity contribution in [1.29, 1.82) is 0 Å². The number of ether oxygens (including phenoxy) is 2. The van der Waals surface area contributed by atoms with E-state index in [1.807, 2.05) is 0 Å². The number of methoxy groups -OCH3 is 1. The minimum Gasteiger partial charge on any atom is -0.610 e. The molecule has 3 atom stereocenters. The minimum atomic E-state index is -1.79. The van der Waals surface area contributed by atoms with Gasteiger partial charge in [0, 0.05) is 35.7 Å². The molecule has 14 heteroatoms. The number of thiophene rings is 1. The molecule has 1 saturated heterocycles. The number of primary amides is 1. The number of hydrogen-bond donors (Lipinski definition) is 3. The molecule has 162 valence electrons. The Morgan fingerprint density at radius 1 is 1.50 bits per heavy atom. The van der Waals surface area contributed by atoms with E-state index >= 15 is 0 Å². The summed E-state index contributed by atoms with van der Waals surface area (Å²) in [6.45, 7) is -0.382. The first-order valence-electron chi connectivity index (χ1n) is 8.32. The van der Waals surface area contributed by atoms with Crippen LogP contribution in [0, 0.1) is 0 Å². The van der Waals surface area contributed by atoms with Gasteiger partial charge in [-0.15, -0.1) is 11.8 Å². The van der Waals surface area contributed by atoms with E-state index < -0.39 is 46.2 Å². The summed E-state index contributed by atoms with van der Waals surface area (Å²) in [5, 5.41) is 12.9. The lowest BCUT2D eigenvalue weighted by atomic mass is 9.98. The summed E-state index contributed by atoms with van der Waals surface area (Å²) in [7, 11) is 1.21. The number of nitrogens with one attached hydrogen (secondary N) is 1. The molecular weight excluding hydrogens is 458 g/mol. The normalized spacial score (nSPS) is 24.0. The first kappa shape index (κ1) is 22.4. The number of thioether (sulfide) groups is 1. The fraction of sp³-hybridized carbons (Fsp3) is 0.375. The predicted octanol–water partition coefficient (Wildman–Crippen LogP) is -0.336. The van der Waals surface area contributed by atoms with Crippen molar-refractivity contribution in [3.05, 3.63) is 28.8 Å². The maximum absolute atomic E-state index is 12.9. The molecule has 4 N–H and O–H groups in total. The lowest BCUT2D eigenvalue weighted by Crippen LogP contribution is -2.81. The van der Waals surface area contributed by atoms with Gasteiger partial charge in [0.05, 0.1) is 0 Å². The van der Waals surface area contributed by atoms with E-state index in [1.165, 1.54) is 18.4 Å². The van der Waals surface area contributed by atoms with Crippen LogP contribution in [0.2, 0.25) is 0 Å². The van der Waals surface area contributed by atoms with Crippen molar-refractivity contribution >= 4 is 58.2 Å². The third-order valence-electron chi connectivity index (χ3n) is 4.33. The third-order valence-corrected chi connectivity index (χ3v) is 8.32. The van der Waals surface area contributed by atoms with Crippen molar-refractivity contribution in [2.75, 3.05) is 25.2 Å². The Balaban J connectivity index is 1.77. The van der Waals surface area contributed by atoms with Crippen LogP contribution in [0.5, 0.6) is 0 Å². The van der Waals surface area contributed by atoms with Crippen molar-refractivity contribution in [3.8, 4) is 0 Å². The number of rotatable bonds is 8. The highest BCUT2D eigenvalue weighted by Crippen LogP contribution is 2.46. The molecule has 11 nitrogen and oxygen atoms in total. The molecule has 3 amide bonds. The molecule has 1 unspecified atom stereocenters. The molecule has 30 heavy (non-hydrogen) atoms. The molecule has 1 aromatic heterocycles. The van der Waals surface area contributed by atoms with Crippen LogP contribution >= 0.6 is 23.1 Å². The molecule has 1 aromatic rings. The van der Waals surface area contributed by atoms with E-state index in [4.69, 9.17) is 10.5 Å². The van der Waals surface area contributed by atoms with E-state index in [9.17, 15) is 28.8 Å². The minimum absolute atomic E-state index is 0.103. The maximum Gasteiger partial charge on any atom is 0.404 e. The Morgan fingerprint density at radius 3 is 2.80 bits per heavy atom. The van der Waals surface area contributed by atoms with Gasteiger partial charge in [0.1, 0.15) is 17.7 Å². The van der Waals surface area contributed by atoms with Crippen LogP contribution in [0.25, 0.3) is 0 Å². The van der Waals surface area contributed by atoms with Crippen LogP contribution < -0.4 is 11.1 Å². The van der Waals surface area contributed by atoms with Gasteiger partial charge in [-0.05, 0) is 11.4 Å². The molecule has 2 aliphatic rings. The number of β-lactam (4-membered cyclic amide) rings is 1. The van der Waals surface area contributed by atoms with E-state index in [2.05, 4.69) is 10.1 Å². The molecule has 0 bridgehead atoms. The SMILES string of the molecule is CO[C@@]1(NC(=O)C[S+]([O-])c2cccs2)C(=O)N2C(C(=O)O)=C(COC(N)=O)CS[C@H]21. The lowest BCUT2D eigenvalue weighted by Gasteiger charge is -2.55. The highest BCUT2D eigenvalue weighted by molar-refractivity contribution is 8.00. The quantitative estimate of drug-likeness (QED) is 0.258. The highest BCUT2D eigenvalue weighted by Gasteiger charge is 2.66. The monoisotopic (exact) mass is 475 g/mol. The fourth-order valence-corrected chi connectivity index (χ4v) is 6.36. The van der Waals surface area contributed by atoms with Crippen molar-refractivity contribution < 1.29 is 38.3 Å². The number of carboxylic acid groups (broad SMARTS) is 1. The van der Waals surface area contributed by atoms with E-state index in [0.717, 1.165) is 16.7 Å². The topological polar surface area (TPSA) is 171 Å². The van der Waals surface area contributed by atoms with Gasteiger partial charge in [-0.1, -0.05) is 11.3 Å². The van der Waals surface area contributed by atoms with E-state index in [1.54, 1.807) is 17.5 Å². The number of amides is 3. The molecule has 2 aliphatic heterocycles. The average Bonchev–Trinajstić information content (AvgIpc) is 3.24. The average molecular weight is 476 g/mol. The number of aliphatic carboxylic acids is 1. The standard InChI is InChI=1S/C16H17N3O8S3/c1-26-16(18-9(20)7-30(25)10-3-2-4-28-10)13(23)19-11(12(21)22)8(5-27-15(17)24)6-29-14(16)19/h2-4,14H,5-7H2,1H3,(H2,17,24)(H,18,20)(H,21,22)/t14-,16-,30?/m0/s1. The summed E-state index contributed by atoms with van der Waals surface area (Å²) in [6, 6.07) is 3.34. The van der Waals surface area contributed by atoms with Crippen molar-refractivity contribution in [2.24, 2.45) is 5.73 Å². The second kappa shape index (κ2) is 8.85. The molecule has 3 heterocycles. The summed E-state index contributed by atoms with van der Waals surface area (Å²) < 4.78 is 22.7.